The maximum absolute atomic E-state index is 12.8. The van der Waals surface area contributed by atoms with Crippen LogP contribution in [0.15, 0.2) is 36.8 Å². The minimum absolute atomic E-state index is 0.193. The number of aromatic nitrogens is 3. The van der Waals surface area contributed by atoms with Crippen molar-refractivity contribution in [3.05, 3.63) is 41.8 Å². The Morgan fingerprint density at radius 3 is 2.71 bits per heavy atom. The van der Waals surface area contributed by atoms with Gasteiger partial charge in [0, 0.05) is 37.4 Å². The number of aliphatic carboxylic acids is 1. The van der Waals surface area contributed by atoms with Crippen molar-refractivity contribution in [2.24, 2.45) is 17.8 Å². The van der Waals surface area contributed by atoms with E-state index in [1.807, 2.05) is 18.5 Å². The van der Waals surface area contributed by atoms with Crippen molar-refractivity contribution in [1.29, 1.82) is 0 Å². The molecule has 1 saturated carbocycles. The molecule has 1 amide bonds. The van der Waals surface area contributed by atoms with Crippen LogP contribution in [0.3, 0.4) is 0 Å². The van der Waals surface area contributed by atoms with Gasteiger partial charge in [-0.1, -0.05) is 24.1 Å². The number of carboxylic acid groups (broad SMARTS) is 1. The number of halogens is 1. The normalized spacial score (nSPS) is 21.2. The number of nitrogens with one attached hydrogen (secondary N) is 1. The molecule has 1 aliphatic carbocycles. The zero-order valence-corrected chi connectivity index (χ0v) is 20.2. The van der Waals surface area contributed by atoms with Crippen LogP contribution < -0.4 is 5.32 Å². The number of fused-ring (bicyclic) bond motifs is 1. The first kappa shape index (κ1) is 23.8. The molecule has 2 aromatic heterocycles. The lowest BCUT2D eigenvalue weighted by molar-refractivity contribution is -0.143. The largest absolute Gasteiger partial charge is 0.481 e. The molecule has 1 saturated heterocycles. The molecule has 9 heteroatoms. The maximum atomic E-state index is 12.8. The van der Waals surface area contributed by atoms with Crippen molar-refractivity contribution in [1.82, 2.24) is 14.5 Å². The Hall–Kier alpha value is -2.97. The van der Waals surface area contributed by atoms with Crippen LogP contribution in [0.4, 0.5) is 5.82 Å². The summed E-state index contributed by atoms with van der Waals surface area (Å²) in [5.41, 5.74) is 3.64. The second-order valence-electron chi connectivity index (χ2n) is 9.59. The Balaban J connectivity index is 1.36. The molecule has 184 valence electrons. The van der Waals surface area contributed by atoms with Crippen LogP contribution in [-0.4, -0.2) is 44.7 Å². The average molecular weight is 497 g/mol. The van der Waals surface area contributed by atoms with Gasteiger partial charge >= 0.3 is 5.97 Å². The average Bonchev–Trinajstić information content (AvgIpc) is 3.27. The van der Waals surface area contributed by atoms with E-state index in [1.54, 1.807) is 6.07 Å². The molecular formula is C26H29ClN4O4. The van der Waals surface area contributed by atoms with Gasteiger partial charge in [0.1, 0.15) is 5.82 Å². The maximum Gasteiger partial charge on any atom is 0.306 e. The zero-order chi connectivity index (χ0) is 24.4. The molecule has 1 aliphatic heterocycles. The van der Waals surface area contributed by atoms with Crippen molar-refractivity contribution < 1.29 is 19.4 Å². The van der Waals surface area contributed by atoms with Gasteiger partial charge in [-0.15, -0.1) is 0 Å². The number of hydrogen-bond donors (Lipinski definition) is 2. The number of anilines is 1. The van der Waals surface area contributed by atoms with Crippen molar-refractivity contribution in [2.75, 3.05) is 18.5 Å². The summed E-state index contributed by atoms with van der Waals surface area (Å²) >= 11 is 6.51. The van der Waals surface area contributed by atoms with Crippen LogP contribution in [0, 0.1) is 17.8 Å². The highest BCUT2D eigenvalue weighted by molar-refractivity contribution is 6.33. The van der Waals surface area contributed by atoms with Gasteiger partial charge in [0.15, 0.2) is 0 Å². The van der Waals surface area contributed by atoms with E-state index in [-0.39, 0.29) is 11.8 Å². The highest BCUT2D eigenvalue weighted by Crippen LogP contribution is 2.33. The van der Waals surface area contributed by atoms with E-state index >= 15 is 0 Å². The molecule has 2 atom stereocenters. The van der Waals surface area contributed by atoms with E-state index in [4.69, 9.17) is 16.3 Å². The number of amides is 1. The summed E-state index contributed by atoms with van der Waals surface area (Å²) in [4.78, 5) is 33.1. The number of benzene rings is 1. The van der Waals surface area contributed by atoms with Crippen LogP contribution in [0.5, 0.6) is 0 Å². The quantitative estimate of drug-likeness (QED) is 0.497. The summed E-state index contributed by atoms with van der Waals surface area (Å²) in [6.07, 6.45) is 7.92. The molecule has 2 N–H and O–H groups in total. The van der Waals surface area contributed by atoms with Gasteiger partial charge in [-0.05, 0) is 61.8 Å². The van der Waals surface area contributed by atoms with E-state index in [2.05, 4.69) is 25.9 Å². The number of carbonyl (C=O) groups is 2. The lowest BCUT2D eigenvalue weighted by Gasteiger charge is -2.25. The van der Waals surface area contributed by atoms with Crippen molar-refractivity contribution >= 4 is 40.3 Å². The van der Waals surface area contributed by atoms with E-state index in [1.165, 1.54) is 6.20 Å². The highest BCUT2D eigenvalue weighted by atomic mass is 35.5. The molecule has 2 fully saturated rings. The van der Waals surface area contributed by atoms with Gasteiger partial charge in [0.05, 0.1) is 28.3 Å². The first-order valence-corrected chi connectivity index (χ1v) is 12.6. The number of ether oxygens (including phenoxy) is 1. The van der Waals surface area contributed by atoms with E-state index in [0.717, 1.165) is 61.2 Å². The van der Waals surface area contributed by atoms with Crippen molar-refractivity contribution in [3.63, 3.8) is 0 Å². The smallest absolute Gasteiger partial charge is 0.306 e. The monoisotopic (exact) mass is 496 g/mol. The number of nitrogens with zero attached hydrogens (tertiary/aromatic N) is 3. The Bertz CT molecular complexity index is 1240. The molecule has 1 aromatic carbocycles. The van der Waals surface area contributed by atoms with Crippen LogP contribution in [0.25, 0.3) is 22.2 Å². The minimum atomic E-state index is -0.833. The SMILES string of the molecule is O=C(O)[C@H]1CCC[C@@H](C(=O)Nc2cc(-c3ccc4ncn(CC5CCOCC5)c4c3)c(Cl)cn2)C1. The fraction of sp³-hybridized carbons (Fsp3) is 0.462. The van der Waals surface area contributed by atoms with Gasteiger partial charge in [-0.25, -0.2) is 9.97 Å². The Morgan fingerprint density at radius 2 is 1.91 bits per heavy atom. The number of hydrogen-bond acceptors (Lipinski definition) is 5. The van der Waals surface area contributed by atoms with Gasteiger partial charge in [-0.2, -0.15) is 0 Å². The molecule has 3 heterocycles. The van der Waals surface area contributed by atoms with Crippen LogP contribution in [-0.2, 0) is 20.9 Å². The Labute approximate surface area is 208 Å². The molecule has 0 radical (unpaired) electrons. The third-order valence-corrected chi connectivity index (χ3v) is 7.53. The summed E-state index contributed by atoms with van der Waals surface area (Å²) in [5.74, 6) is -0.852. The predicted octanol–water partition coefficient (Wildman–Crippen LogP) is 5.01. The van der Waals surface area contributed by atoms with Gasteiger partial charge in [0.25, 0.3) is 0 Å². The zero-order valence-electron chi connectivity index (χ0n) is 19.5. The lowest BCUT2D eigenvalue weighted by Crippen LogP contribution is -2.31. The van der Waals surface area contributed by atoms with E-state index in [9.17, 15) is 14.7 Å². The molecule has 0 bridgehead atoms. The molecule has 35 heavy (non-hydrogen) atoms. The van der Waals surface area contributed by atoms with Gasteiger partial charge in [0.2, 0.25) is 5.91 Å². The minimum Gasteiger partial charge on any atom is -0.481 e. The third kappa shape index (κ3) is 5.33. The molecule has 0 unspecified atom stereocenters. The molecule has 2 aliphatic rings. The number of carbonyl (C=O) groups excluding carboxylic acids is 1. The fourth-order valence-corrected chi connectivity index (χ4v) is 5.40. The summed E-state index contributed by atoms with van der Waals surface area (Å²) in [6, 6.07) is 7.80. The first-order chi connectivity index (χ1) is 17.0. The second-order valence-corrected chi connectivity index (χ2v) is 10.0. The molecule has 3 aromatic rings. The first-order valence-electron chi connectivity index (χ1n) is 12.2. The summed E-state index contributed by atoms with van der Waals surface area (Å²) in [5, 5.41) is 12.7. The highest BCUT2D eigenvalue weighted by Gasteiger charge is 2.31. The molecule has 5 rings (SSSR count). The fourth-order valence-electron chi connectivity index (χ4n) is 5.19. The number of carboxylic acids is 1. The van der Waals surface area contributed by atoms with Crippen molar-refractivity contribution in [2.45, 2.75) is 45.1 Å². The Morgan fingerprint density at radius 1 is 1.11 bits per heavy atom. The predicted molar refractivity (Wildman–Crippen MR) is 133 cm³/mol. The third-order valence-electron chi connectivity index (χ3n) is 7.23. The second kappa shape index (κ2) is 10.3. The van der Waals surface area contributed by atoms with Gasteiger partial charge < -0.3 is 19.7 Å². The standard InChI is InChI=1S/C26H29ClN4O4/c27-21-13-28-24(30-25(32)18-2-1-3-19(10-18)26(33)34)12-20(21)17-4-5-22-23(11-17)31(15-29-22)14-16-6-8-35-9-7-16/h4-5,11-13,15-16,18-19H,1-3,6-10,14H2,(H,33,34)(H,28,30,32)/t18-,19+/m1/s1. The molecule has 8 nitrogen and oxygen atoms in total. The topological polar surface area (TPSA) is 106 Å². The van der Waals surface area contributed by atoms with Gasteiger partial charge in [-0.3, -0.25) is 9.59 Å². The van der Waals surface area contributed by atoms with Crippen LogP contribution in [0.2, 0.25) is 5.02 Å². The summed E-state index contributed by atoms with van der Waals surface area (Å²) in [6.45, 7) is 2.51. The van der Waals surface area contributed by atoms with E-state index in [0.29, 0.717) is 36.0 Å². The number of rotatable bonds is 6. The summed E-state index contributed by atoms with van der Waals surface area (Å²) < 4.78 is 7.68. The number of imidazole rings is 1. The molecular weight excluding hydrogens is 468 g/mol. The van der Waals surface area contributed by atoms with Crippen molar-refractivity contribution in [3.8, 4) is 11.1 Å². The van der Waals surface area contributed by atoms with Crippen LogP contribution in [0.1, 0.15) is 38.5 Å². The number of pyridine rings is 1. The van der Waals surface area contributed by atoms with E-state index < -0.39 is 11.9 Å². The lowest BCUT2D eigenvalue weighted by atomic mass is 9.81. The summed E-state index contributed by atoms with van der Waals surface area (Å²) in [7, 11) is 0. The molecule has 0 spiro atoms. The Kier molecular flexibility index (Phi) is 7.02. The van der Waals surface area contributed by atoms with Crippen LogP contribution >= 0.6 is 11.6 Å².